The fourth-order valence-corrected chi connectivity index (χ4v) is 5.49. The zero-order chi connectivity index (χ0) is 26.9. The molecule has 0 saturated carbocycles. The molecule has 0 saturated heterocycles. The van der Waals surface area contributed by atoms with Crippen LogP contribution in [0.5, 0.6) is 0 Å². The van der Waals surface area contributed by atoms with Crippen molar-refractivity contribution in [2.24, 2.45) is 0 Å². The normalized spacial score (nSPS) is 14.1. The van der Waals surface area contributed by atoms with Crippen molar-refractivity contribution in [2.45, 2.75) is 32.6 Å². The van der Waals surface area contributed by atoms with E-state index in [4.69, 9.17) is 9.72 Å². The SMILES string of the molecule is CCc1cccc2c(C(=O)COC(=O)c3c4c(nc5ccccc35)/C(=C\c3ccc(F)cc3)CCC4)c[nH]c12. The van der Waals surface area contributed by atoms with Crippen molar-refractivity contribution < 1.29 is 18.7 Å². The lowest BCUT2D eigenvalue weighted by Crippen LogP contribution is -2.18. The Kier molecular flexibility index (Phi) is 6.53. The summed E-state index contributed by atoms with van der Waals surface area (Å²) in [5, 5.41) is 1.54. The number of allylic oxidation sites excluding steroid dienone is 1. The van der Waals surface area contributed by atoms with Crippen molar-refractivity contribution in [3.05, 3.63) is 112 Å². The van der Waals surface area contributed by atoms with Crippen LogP contribution >= 0.6 is 0 Å². The van der Waals surface area contributed by atoms with Gasteiger partial charge in [-0.2, -0.15) is 0 Å². The summed E-state index contributed by atoms with van der Waals surface area (Å²) in [4.78, 5) is 34.9. The molecule has 194 valence electrons. The molecule has 0 unspecified atom stereocenters. The number of halogens is 1. The predicted octanol–water partition coefficient (Wildman–Crippen LogP) is 7.33. The third kappa shape index (κ3) is 4.63. The van der Waals surface area contributed by atoms with Gasteiger partial charge < -0.3 is 9.72 Å². The highest BCUT2D eigenvalue weighted by Crippen LogP contribution is 2.36. The van der Waals surface area contributed by atoms with E-state index in [0.29, 0.717) is 28.5 Å². The van der Waals surface area contributed by atoms with Crippen LogP contribution in [0.4, 0.5) is 4.39 Å². The lowest BCUT2D eigenvalue weighted by atomic mass is 9.86. The van der Waals surface area contributed by atoms with Gasteiger partial charge in [-0.25, -0.2) is 14.2 Å². The first-order valence-corrected chi connectivity index (χ1v) is 13.2. The second kappa shape index (κ2) is 10.3. The fourth-order valence-electron chi connectivity index (χ4n) is 5.49. The number of benzene rings is 3. The zero-order valence-corrected chi connectivity index (χ0v) is 21.6. The third-order valence-electron chi connectivity index (χ3n) is 7.40. The van der Waals surface area contributed by atoms with Crippen molar-refractivity contribution in [3.63, 3.8) is 0 Å². The molecule has 0 bridgehead atoms. The van der Waals surface area contributed by atoms with Gasteiger partial charge in [0.2, 0.25) is 5.78 Å². The Bertz CT molecular complexity index is 1770. The Morgan fingerprint density at radius 2 is 1.79 bits per heavy atom. The summed E-state index contributed by atoms with van der Waals surface area (Å²) in [6.07, 6.45) is 6.85. The lowest BCUT2D eigenvalue weighted by molar-refractivity contribution is 0.0476. The molecule has 6 heteroatoms. The van der Waals surface area contributed by atoms with Gasteiger partial charge in [-0.05, 0) is 72.2 Å². The van der Waals surface area contributed by atoms with E-state index < -0.39 is 5.97 Å². The largest absolute Gasteiger partial charge is 0.454 e. The number of aryl methyl sites for hydroxylation is 1. The number of aromatic nitrogens is 2. The van der Waals surface area contributed by atoms with E-state index in [1.165, 1.54) is 12.1 Å². The lowest BCUT2D eigenvalue weighted by Gasteiger charge is -2.22. The van der Waals surface area contributed by atoms with Gasteiger partial charge in [0.1, 0.15) is 5.82 Å². The molecule has 5 nitrogen and oxygen atoms in total. The van der Waals surface area contributed by atoms with Crippen LogP contribution < -0.4 is 0 Å². The number of nitrogens with zero attached hydrogens (tertiary/aromatic N) is 1. The molecule has 0 radical (unpaired) electrons. The first-order valence-electron chi connectivity index (χ1n) is 13.2. The highest BCUT2D eigenvalue weighted by atomic mass is 19.1. The number of nitrogens with one attached hydrogen (secondary N) is 1. The number of rotatable bonds is 6. The second-order valence-corrected chi connectivity index (χ2v) is 9.80. The maximum Gasteiger partial charge on any atom is 0.339 e. The number of ketones is 1. The van der Waals surface area contributed by atoms with Gasteiger partial charge in [0, 0.05) is 28.0 Å². The molecule has 0 fully saturated rings. The highest BCUT2D eigenvalue weighted by molar-refractivity contribution is 6.11. The van der Waals surface area contributed by atoms with E-state index in [0.717, 1.165) is 58.1 Å². The first kappa shape index (κ1) is 24.7. The average Bonchev–Trinajstić information content (AvgIpc) is 3.40. The van der Waals surface area contributed by atoms with Gasteiger partial charge in [0.05, 0.1) is 16.8 Å². The average molecular weight is 519 g/mol. The predicted molar refractivity (Wildman–Crippen MR) is 151 cm³/mol. The highest BCUT2D eigenvalue weighted by Gasteiger charge is 2.27. The van der Waals surface area contributed by atoms with Crippen LogP contribution in [-0.2, 0) is 17.6 Å². The number of H-pyrrole nitrogens is 1. The van der Waals surface area contributed by atoms with Crippen LogP contribution in [0.25, 0.3) is 33.5 Å². The number of hydrogen-bond donors (Lipinski definition) is 1. The summed E-state index contributed by atoms with van der Waals surface area (Å²) in [5.74, 6) is -1.08. The monoisotopic (exact) mass is 518 g/mol. The van der Waals surface area contributed by atoms with E-state index in [1.807, 2.05) is 48.5 Å². The third-order valence-corrected chi connectivity index (χ3v) is 7.40. The number of fused-ring (bicyclic) bond motifs is 3. The molecule has 0 aliphatic heterocycles. The number of pyridine rings is 1. The molecule has 39 heavy (non-hydrogen) atoms. The Hall–Kier alpha value is -4.58. The summed E-state index contributed by atoms with van der Waals surface area (Å²) in [7, 11) is 0. The Morgan fingerprint density at radius 3 is 2.62 bits per heavy atom. The van der Waals surface area contributed by atoms with Gasteiger partial charge in [-0.3, -0.25) is 4.79 Å². The Morgan fingerprint density at radius 1 is 1.00 bits per heavy atom. The molecule has 1 aliphatic rings. The van der Waals surface area contributed by atoms with Gasteiger partial charge in [0.15, 0.2) is 6.61 Å². The summed E-state index contributed by atoms with van der Waals surface area (Å²) in [6.45, 7) is 1.71. The maximum absolute atomic E-state index is 13.6. The standard InChI is InChI=1S/C33H27FN2O3/c1-2-21-7-5-10-24-27(18-35-31(21)24)29(37)19-39-33(38)30-25-9-3-4-12-28(25)36-32-22(8-6-11-26(30)32)17-20-13-15-23(34)16-14-20/h3-5,7,9-10,12-18,35H,2,6,8,11,19H2,1H3/b22-17-. The van der Waals surface area contributed by atoms with Crippen molar-refractivity contribution in [1.29, 1.82) is 0 Å². The van der Waals surface area contributed by atoms with E-state index in [9.17, 15) is 14.0 Å². The van der Waals surface area contributed by atoms with Gasteiger partial charge in [-0.15, -0.1) is 0 Å². The molecule has 5 aromatic rings. The van der Waals surface area contributed by atoms with Gasteiger partial charge >= 0.3 is 5.97 Å². The minimum atomic E-state index is -0.532. The summed E-state index contributed by atoms with van der Waals surface area (Å²) >= 11 is 0. The van der Waals surface area contributed by atoms with Crippen molar-refractivity contribution in [3.8, 4) is 0 Å². The van der Waals surface area contributed by atoms with Crippen LogP contribution in [0.15, 0.2) is 72.9 Å². The van der Waals surface area contributed by atoms with Gasteiger partial charge in [-0.1, -0.05) is 55.5 Å². The van der Waals surface area contributed by atoms with Crippen LogP contribution in [0, 0.1) is 5.82 Å². The molecule has 0 spiro atoms. The van der Waals surface area contributed by atoms with Gasteiger partial charge in [0.25, 0.3) is 0 Å². The van der Waals surface area contributed by atoms with Crippen molar-refractivity contribution >= 4 is 45.2 Å². The minimum absolute atomic E-state index is 0.257. The Labute approximate surface area is 225 Å². The molecule has 2 heterocycles. The molecular weight excluding hydrogens is 491 g/mol. The molecule has 1 aliphatic carbocycles. The summed E-state index contributed by atoms with van der Waals surface area (Å²) < 4.78 is 19.1. The van der Waals surface area contributed by atoms with E-state index in [1.54, 1.807) is 18.3 Å². The van der Waals surface area contributed by atoms with Crippen LogP contribution in [-0.4, -0.2) is 28.3 Å². The fraction of sp³-hybridized carbons (Fsp3) is 0.182. The molecule has 1 N–H and O–H groups in total. The number of carbonyl (C=O) groups excluding carboxylic acids is 2. The smallest absolute Gasteiger partial charge is 0.339 e. The zero-order valence-electron chi connectivity index (χ0n) is 21.6. The molecule has 3 aromatic carbocycles. The topological polar surface area (TPSA) is 72.1 Å². The second-order valence-electron chi connectivity index (χ2n) is 9.80. The van der Waals surface area contributed by atoms with Crippen LogP contribution in [0.1, 0.15) is 62.9 Å². The number of Topliss-reactive ketones (excluding diaryl/α,β-unsaturated/α-hetero) is 1. The van der Waals surface area contributed by atoms with Crippen LogP contribution in [0.2, 0.25) is 0 Å². The number of esters is 1. The molecular formula is C33H27FN2O3. The number of aromatic amines is 1. The quantitative estimate of drug-likeness (QED) is 0.189. The molecule has 0 atom stereocenters. The van der Waals surface area contributed by atoms with E-state index in [2.05, 4.69) is 11.9 Å². The minimum Gasteiger partial charge on any atom is -0.454 e. The summed E-state index contributed by atoms with van der Waals surface area (Å²) in [5.41, 5.74) is 7.16. The number of ether oxygens (including phenoxy) is 1. The van der Waals surface area contributed by atoms with Crippen molar-refractivity contribution in [1.82, 2.24) is 9.97 Å². The first-order chi connectivity index (χ1) is 19.0. The number of para-hydroxylation sites is 2. The molecule has 0 amide bonds. The van der Waals surface area contributed by atoms with Crippen LogP contribution in [0.3, 0.4) is 0 Å². The molecule has 2 aromatic heterocycles. The number of carbonyl (C=O) groups is 2. The maximum atomic E-state index is 13.6. The van der Waals surface area contributed by atoms with E-state index in [-0.39, 0.29) is 18.2 Å². The van der Waals surface area contributed by atoms with E-state index >= 15 is 0 Å². The number of hydrogen-bond acceptors (Lipinski definition) is 4. The Balaban J connectivity index is 1.34. The summed E-state index contributed by atoms with van der Waals surface area (Å²) in [6, 6.07) is 19.7. The van der Waals surface area contributed by atoms with Crippen molar-refractivity contribution in [2.75, 3.05) is 6.61 Å². The molecule has 6 rings (SSSR count).